The Morgan fingerprint density at radius 2 is 2.33 bits per heavy atom. The second-order valence-electron chi connectivity index (χ2n) is 5.11. The number of likely N-dealkylation sites (tertiary alicyclic amines) is 1. The van der Waals surface area contributed by atoms with Crippen molar-refractivity contribution in [2.45, 2.75) is 18.9 Å². The molecule has 1 amide bonds. The van der Waals surface area contributed by atoms with Crippen LogP contribution in [0.25, 0.3) is 10.9 Å². The van der Waals surface area contributed by atoms with Crippen LogP contribution < -0.4 is 5.32 Å². The highest BCUT2D eigenvalue weighted by molar-refractivity contribution is 5.78. The van der Waals surface area contributed by atoms with Crippen molar-refractivity contribution in [3.05, 3.63) is 30.2 Å². The van der Waals surface area contributed by atoms with Crippen LogP contribution in [0.3, 0.4) is 0 Å². The van der Waals surface area contributed by atoms with Gasteiger partial charge in [0.25, 0.3) is 0 Å². The van der Waals surface area contributed by atoms with E-state index in [0.717, 1.165) is 12.8 Å². The van der Waals surface area contributed by atoms with E-state index in [1.807, 2.05) is 0 Å². The van der Waals surface area contributed by atoms with E-state index in [0.29, 0.717) is 29.9 Å². The molecule has 6 nitrogen and oxygen atoms in total. The molecule has 1 atom stereocenters. The Kier molecular flexibility index (Phi) is 3.55. The molecule has 0 spiro atoms. The standard InChI is InChI=1S/C14H15FN4O2/c15-10-3-4-12-9(6-10)7-16-13(18-12)17-11-2-1-5-19(8-11)14(20)21/h3-4,6-7,11H,1-2,5,8H2,(H,20,21)(H,16,17,18)/t11-/m0/s1. The van der Waals surface area contributed by atoms with Crippen LogP contribution >= 0.6 is 0 Å². The monoisotopic (exact) mass is 290 g/mol. The maximum atomic E-state index is 13.1. The summed E-state index contributed by atoms with van der Waals surface area (Å²) in [7, 11) is 0. The number of anilines is 1. The van der Waals surface area contributed by atoms with Crippen LogP contribution in [0, 0.1) is 5.82 Å². The molecule has 1 aromatic heterocycles. The van der Waals surface area contributed by atoms with Gasteiger partial charge in [0.2, 0.25) is 5.95 Å². The maximum absolute atomic E-state index is 13.1. The van der Waals surface area contributed by atoms with Crippen molar-refractivity contribution >= 4 is 22.9 Å². The minimum atomic E-state index is -0.906. The van der Waals surface area contributed by atoms with E-state index in [1.165, 1.54) is 17.0 Å². The summed E-state index contributed by atoms with van der Waals surface area (Å²) in [5.74, 6) is 0.113. The maximum Gasteiger partial charge on any atom is 0.407 e. The Balaban J connectivity index is 1.75. The van der Waals surface area contributed by atoms with Gasteiger partial charge in [-0.15, -0.1) is 0 Å². The van der Waals surface area contributed by atoms with Gasteiger partial charge in [0.05, 0.1) is 5.52 Å². The number of benzene rings is 1. The molecule has 2 heterocycles. The van der Waals surface area contributed by atoms with Crippen molar-refractivity contribution < 1.29 is 14.3 Å². The molecule has 2 aromatic rings. The highest BCUT2D eigenvalue weighted by Crippen LogP contribution is 2.17. The number of fused-ring (bicyclic) bond motifs is 1. The van der Waals surface area contributed by atoms with Crippen LogP contribution in [0.15, 0.2) is 24.4 Å². The van der Waals surface area contributed by atoms with Gasteiger partial charge in [-0.25, -0.2) is 19.2 Å². The van der Waals surface area contributed by atoms with E-state index >= 15 is 0 Å². The fraction of sp³-hybridized carbons (Fsp3) is 0.357. The van der Waals surface area contributed by atoms with Crippen molar-refractivity contribution in [1.82, 2.24) is 14.9 Å². The van der Waals surface area contributed by atoms with Crippen LogP contribution in [0.2, 0.25) is 0 Å². The molecule has 21 heavy (non-hydrogen) atoms. The lowest BCUT2D eigenvalue weighted by Crippen LogP contribution is -2.44. The highest BCUT2D eigenvalue weighted by Gasteiger charge is 2.23. The number of piperidine rings is 1. The van der Waals surface area contributed by atoms with Crippen LogP contribution in [-0.4, -0.2) is 45.2 Å². The number of hydrogen-bond acceptors (Lipinski definition) is 4. The van der Waals surface area contributed by atoms with Crippen LogP contribution in [0.4, 0.5) is 15.1 Å². The van der Waals surface area contributed by atoms with Gasteiger partial charge in [-0.3, -0.25) is 0 Å². The quantitative estimate of drug-likeness (QED) is 0.887. The number of rotatable bonds is 2. The summed E-state index contributed by atoms with van der Waals surface area (Å²) >= 11 is 0. The third-order valence-corrected chi connectivity index (χ3v) is 3.57. The van der Waals surface area contributed by atoms with Crippen molar-refractivity contribution in [1.29, 1.82) is 0 Å². The number of amides is 1. The Hall–Kier alpha value is -2.44. The Labute approximate surface area is 120 Å². The molecule has 1 saturated heterocycles. The summed E-state index contributed by atoms with van der Waals surface area (Å²) in [6, 6.07) is 4.33. The minimum absolute atomic E-state index is 0.00671. The molecular weight excluding hydrogens is 275 g/mol. The Bertz CT molecular complexity index is 679. The van der Waals surface area contributed by atoms with Gasteiger partial charge in [0.15, 0.2) is 0 Å². The molecule has 0 saturated carbocycles. The average molecular weight is 290 g/mol. The first-order chi connectivity index (χ1) is 10.1. The Morgan fingerprint density at radius 1 is 1.48 bits per heavy atom. The second-order valence-corrected chi connectivity index (χ2v) is 5.11. The van der Waals surface area contributed by atoms with Crippen molar-refractivity contribution in [2.75, 3.05) is 18.4 Å². The molecular formula is C14H15FN4O2. The van der Waals surface area contributed by atoms with E-state index in [2.05, 4.69) is 15.3 Å². The van der Waals surface area contributed by atoms with E-state index in [1.54, 1.807) is 12.3 Å². The van der Waals surface area contributed by atoms with Gasteiger partial charge in [0, 0.05) is 30.7 Å². The Morgan fingerprint density at radius 3 is 3.14 bits per heavy atom. The molecule has 1 aliphatic rings. The topological polar surface area (TPSA) is 78.4 Å². The smallest absolute Gasteiger partial charge is 0.407 e. The molecule has 0 bridgehead atoms. The number of nitrogens with one attached hydrogen (secondary N) is 1. The molecule has 1 aliphatic heterocycles. The molecule has 110 valence electrons. The summed E-state index contributed by atoms with van der Waals surface area (Å²) in [6.07, 6.45) is 2.33. The highest BCUT2D eigenvalue weighted by atomic mass is 19.1. The number of aromatic nitrogens is 2. The predicted octanol–water partition coefficient (Wildman–Crippen LogP) is 2.32. The number of nitrogens with zero attached hydrogens (tertiary/aromatic N) is 3. The van der Waals surface area contributed by atoms with Crippen molar-refractivity contribution in [2.24, 2.45) is 0 Å². The lowest BCUT2D eigenvalue weighted by atomic mass is 10.1. The predicted molar refractivity (Wildman–Crippen MR) is 75.7 cm³/mol. The molecule has 0 radical (unpaired) electrons. The fourth-order valence-corrected chi connectivity index (χ4v) is 2.53. The van der Waals surface area contributed by atoms with Crippen LogP contribution in [0.1, 0.15) is 12.8 Å². The molecule has 1 aromatic carbocycles. The van der Waals surface area contributed by atoms with E-state index in [-0.39, 0.29) is 11.9 Å². The number of halogens is 1. The molecule has 0 aliphatic carbocycles. The first-order valence-electron chi connectivity index (χ1n) is 6.78. The third kappa shape index (κ3) is 3.01. The summed E-state index contributed by atoms with van der Waals surface area (Å²) in [6.45, 7) is 0.978. The van der Waals surface area contributed by atoms with Gasteiger partial charge in [-0.05, 0) is 31.0 Å². The SMILES string of the molecule is O=C(O)N1CCC[C@H](Nc2ncc3cc(F)ccc3n2)C1. The first kappa shape index (κ1) is 13.5. The van der Waals surface area contributed by atoms with Gasteiger partial charge >= 0.3 is 6.09 Å². The molecule has 3 rings (SSSR count). The van der Waals surface area contributed by atoms with E-state index in [9.17, 15) is 9.18 Å². The van der Waals surface area contributed by atoms with E-state index < -0.39 is 6.09 Å². The molecule has 1 fully saturated rings. The lowest BCUT2D eigenvalue weighted by Gasteiger charge is -2.31. The van der Waals surface area contributed by atoms with Gasteiger partial charge in [-0.2, -0.15) is 0 Å². The lowest BCUT2D eigenvalue weighted by molar-refractivity contribution is 0.132. The van der Waals surface area contributed by atoms with Gasteiger partial charge < -0.3 is 15.3 Å². The van der Waals surface area contributed by atoms with Crippen molar-refractivity contribution in [3.63, 3.8) is 0 Å². The largest absolute Gasteiger partial charge is 0.465 e. The van der Waals surface area contributed by atoms with Crippen molar-refractivity contribution in [3.8, 4) is 0 Å². The zero-order valence-electron chi connectivity index (χ0n) is 11.3. The van der Waals surface area contributed by atoms with Crippen LogP contribution in [0.5, 0.6) is 0 Å². The number of carbonyl (C=O) groups is 1. The summed E-state index contributed by atoms with van der Waals surface area (Å²) in [5, 5.41) is 12.8. The average Bonchev–Trinajstić information content (AvgIpc) is 2.48. The fourth-order valence-electron chi connectivity index (χ4n) is 2.53. The third-order valence-electron chi connectivity index (χ3n) is 3.57. The number of hydrogen-bond donors (Lipinski definition) is 2. The first-order valence-corrected chi connectivity index (χ1v) is 6.78. The molecule has 2 N–H and O–H groups in total. The normalized spacial score (nSPS) is 18.7. The van der Waals surface area contributed by atoms with Gasteiger partial charge in [0.1, 0.15) is 5.82 Å². The summed E-state index contributed by atoms with van der Waals surface area (Å²) < 4.78 is 13.1. The van der Waals surface area contributed by atoms with Crippen LogP contribution in [-0.2, 0) is 0 Å². The zero-order chi connectivity index (χ0) is 14.8. The minimum Gasteiger partial charge on any atom is -0.465 e. The van der Waals surface area contributed by atoms with E-state index in [4.69, 9.17) is 5.11 Å². The second kappa shape index (κ2) is 5.51. The van der Waals surface area contributed by atoms with Gasteiger partial charge in [-0.1, -0.05) is 0 Å². The molecule has 0 unspecified atom stereocenters. The molecule has 7 heteroatoms. The number of carboxylic acid groups (broad SMARTS) is 1. The summed E-state index contributed by atoms with van der Waals surface area (Å²) in [5.41, 5.74) is 0.653. The summed E-state index contributed by atoms with van der Waals surface area (Å²) in [4.78, 5) is 20.9. The zero-order valence-corrected chi connectivity index (χ0v) is 11.3.